The number of hydrogen-bond acceptors (Lipinski definition) is 3. The number of amides is 1. The number of nitrogens with one attached hydrogen (secondary N) is 1. The van der Waals surface area contributed by atoms with Gasteiger partial charge in [-0.2, -0.15) is 0 Å². The van der Waals surface area contributed by atoms with E-state index >= 15 is 0 Å². The van der Waals surface area contributed by atoms with Crippen molar-refractivity contribution in [3.05, 3.63) is 0 Å². The predicted molar refractivity (Wildman–Crippen MR) is 92.1 cm³/mol. The molecular weight excluding hydrogens is 276 g/mol. The van der Waals surface area contributed by atoms with Crippen molar-refractivity contribution in [2.75, 3.05) is 19.6 Å². The molecule has 1 fully saturated rings. The summed E-state index contributed by atoms with van der Waals surface area (Å²) in [6.45, 7) is 13.5. The molecule has 0 aliphatic carbocycles. The van der Waals surface area contributed by atoms with Crippen LogP contribution < -0.4 is 5.32 Å². The minimum atomic E-state index is -0.428. The van der Waals surface area contributed by atoms with Crippen molar-refractivity contribution in [3.8, 4) is 0 Å². The van der Waals surface area contributed by atoms with Crippen LogP contribution in [0.25, 0.3) is 0 Å². The normalized spacial score (nSPS) is 23.3. The summed E-state index contributed by atoms with van der Waals surface area (Å²) in [5.74, 6) is 0.700. The van der Waals surface area contributed by atoms with Crippen LogP contribution in [0.5, 0.6) is 0 Å². The van der Waals surface area contributed by atoms with E-state index in [9.17, 15) is 4.79 Å². The van der Waals surface area contributed by atoms with Gasteiger partial charge in [-0.1, -0.05) is 33.1 Å². The number of carbonyl (C=O) groups excluding carboxylic acids is 1. The van der Waals surface area contributed by atoms with Crippen molar-refractivity contribution in [1.82, 2.24) is 10.2 Å². The van der Waals surface area contributed by atoms with Crippen LogP contribution in [0.15, 0.2) is 0 Å². The number of piperidine rings is 1. The molecule has 4 heteroatoms. The van der Waals surface area contributed by atoms with Crippen molar-refractivity contribution in [2.45, 2.75) is 84.8 Å². The number of nitrogens with zero attached hydrogens (tertiary/aromatic N) is 1. The molecule has 22 heavy (non-hydrogen) atoms. The van der Waals surface area contributed by atoms with Gasteiger partial charge in [0, 0.05) is 19.1 Å². The summed E-state index contributed by atoms with van der Waals surface area (Å²) in [6.07, 6.45) is 7.07. The standard InChI is InChI=1S/C18H36N2O2/c1-6-8-10-15-12-16(14-20(13-15)11-9-7-2)19-17(21)22-18(3,4)5/h15-16H,6-14H2,1-5H3,(H,19,21). The largest absolute Gasteiger partial charge is 0.444 e. The van der Waals surface area contributed by atoms with E-state index in [1.165, 1.54) is 38.6 Å². The summed E-state index contributed by atoms with van der Waals surface area (Å²) in [4.78, 5) is 14.5. The van der Waals surface area contributed by atoms with E-state index in [0.29, 0.717) is 5.92 Å². The van der Waals surface area contributed by atoms with E-state index in [0.717, 1.165) is 19.5 Å². The fraction of sp³-hybridized carbons (Fsp3) is 0.944. The summed E-state index contributed by atoms with van der Waals surface area (Å²) >= 11 is 0. The van der Waals surface area contributed by atoms with Gasteiger partial charge in [0.05, 0.1) is 0 Å². The lowest BCUT2D eigenvalue weighted by Gasteiger charge is -2.38. The molecule has 1 N–H and O–H groups in total. The van der Waals surface area contributed by atoms with E-state index in [1.54, 1.807) is 0 Å². The lowest BCUT2D eigenvalue weighted by molar-refractivity contribution is 0.0444. The molecule has 0 bridgehead atoms. The SMILES string of the molecule is CCCCC1CC(NC(=O)OC(C)(C)C)CN(CCCC)C1. The summed E-state index contributed by atoms with van der Waals surface area (Å²) < 4.78 is 5.40. The molecule has 2 atom stereocenters. The fourth-order valence-corrected chi connectivity index (χ4v) is 3.15. The van der Waals surface area contributed by atoms with Crippen LogP contribution >= 0.6 is 0 Å². The Kier molecular flexibility index (Phi) is 8.23. The number of carbonyl (C=O) groups is 1. The Bertz CT molecular complexity index is 310. The third kappa shape index (κ3) is 8.02. The second kappa shape index (κ2) is 9.39. The Labute approximate surface area is 137 Å². The fourth-order valence-electron chi connectivity index (χ4n) is 3.15. The second-order valence-electron chi connectivity index (χ2n) is 7.70. The number of hydrogen-bond donors (Lipinski definition) is 1. The monoisotopic (exact) mass is 312 g/mol. The van der Waals surface area contributed by atoms with Gasteiger partial charge in [0.2, 0.25) is 0 Å². The molecule has 130 valence electrons. The van der Waals surface area contributed by atoms with Gasteiger partial charge in [-0.15, -0.1) is 0 Å². The molecule has 1 aliphatic rings. The Hall–Kier alpha value is -0.770. The quantitative estimate of drug-likeness (QED) is 0.766. The zero-order chi connectivity index (χ0) is 16.6. The lowest BCUT2D eigenvalue weighted by Crippen LogP contribution is -2.51. The molecule has 0 aromatic heterocycles. The van der Waals surface area contributed by atoms with Crippen LogP contribution in [0.3, 0.4) is 0 Å². The molecule has 0 radical (unpaired) electrons. The third-order valence-electron chi connectivity index (χ3n) is 4.13. The highest BCUT2D eigenvalue weighted by Crippen LogP contribution is 2.23. The average Bonchev–Trinajstić information content (AvgIpc) is 2.40. The minimum absolute atomic E-state index is 0.224. The van der Waals surface area contributed by atoms with Gasteiger partial charge in [-0.05, 0) is 52.5 Å². The van der Waals surface area contributed by atoms with Gasteiger partial charge in [0.25, 0.3) is 0 Å². The first-order valence-electron chi connectivity index (χ1n) is 9.06. The van der Waals surface area contributed by atoms with Gasteiger partial charge >= 0.3 is 6.09 Å². The molecule has 1 rings (SSSR count). The van der Waals surface area contributed by atoms with Crippen LogP contribution in [0.4, 0.5) is 4.79 Å². The Morgan fingerprint density at radius 2 is 1.86 bits per heavy atom. The van der Waals surface area contributed by atoms with Crippen LogP contribution in [0, 0.1) is 5.92 Å². The first kappa shape index (κ1) is 19.3. The summed E-state index contributed by atoms with van der Waals surface area (Å²) in [5, 5.41) is 3.09. The van der Waals surface area contributed by atoms with E-state index in [4.69, 9.17) is 4.74 Å². The molecule has 0 spiro atoms. The van der Waals surface area contributed by atoms with Crippen LogP contribution in [-0.4, -0.2) is 42.3 Å². The van der Waals surface area contributed by atoms with Crippen molar-refractivity contribution < 1.29 is 9.53 Å². The van der Waals surface area contributed by atoms with Gasteiger partial charge in [-0.25, -0.2) is 4.79 Å². The Balaban J connectivity index is 2.53. The molecule has 2 unspecified atom stereocenters. The summed E-state index contributed by atoms with van der Waals surface area (Å²) in [7, 11) is 0. The number of alkyl carbamates (subject to hydrolysis) is 1. The highest BCUT2D eigenvalue weighted by atomic mass is 16.6. The molecule has 1 saturated heterocycles. The van der Waals surface area contributed by atoms with Crippen molar-refractivity contribution in [3.63, 3.8) is 0 Å². The first-order chi connectivity index (χ1) is 10.3. The Morgan fingerprint density at radius 1 is 1.18 bits per heavy atom. The lowest BCUT2D eigenvalue weighted by atomic mass is 9.90. The van der Waals surface area contributed by atoms with E-state index < -0.39 is 5.60 Å². The van der Waals surface area contributed by atoms with Gasteiger partial charge in [0.1, 0.15) is 5.60 Å². The van der Waals surface area contributed by atoms with Crippen molar-refractivity contribution in [1.29, 1.82) is 0 Å². The highest BCUT2D eigenvalue weighted by Gasteiger charge is 2.28. The molecule has 1 amide bonds. The molecular formula is C18H36N2O2. The third-order valence-corrected chi connectivity index (χ3v) is 4.13. The maximum Gasteiger partial charge on any atom is 0.407 e. The first-order valence-corrected chi connectivity index (χ1v) is 9.06. The zero-order valence-corrected chi connectivity index (χ0v) is 15.3. The maximum absolute atomic E-state index is 12.0. The number of likely N-dealkylation sites (tertiary alicyclic amines) is 1. The van der Waals surface area contributed by atoms with Crippen LogP contribution in [0.1, 0.15) is 73.1 Å². The molecule has 1 aliphatic heterocycles. The van der Waals surface area contributed by atoms with Crippen molar-refractivity contribution in [2.24, 2.45) is 5.92 Å². The molecule has 4 nitrogen and oxygen atoms in total. The minimum Gasteiger partial charge on any atom is -0.444 e. The van der Waals surface area contributed by atoms with Gasteiger partial charge in [0.15, 0.2) is 0 Å². The number of unbranched alkanes of at least 4 members (excludes halogenated alkanes) is 2. The summed E-state index contributed by atoms with van der Waals surface area (Å²) in [6, 6.07) is 0.224. The molecule has 1 heterocycles. The van der Waals surface area contributed by atoms with Crippen LogP contribution in [0.2, 0.25) is 0 Å². The maximum atomic E-state index is 12.0. The smallest absolute Gasteiger partial charge is 0.407 e. The van der Waals surface area contributed by atoms with Crippen molar-refractivity contribution >= 4 is 6.09 Å². The Morgan fingerprint density at radius 3 is 2.45 bits per heavy atom. The zero-order valence-electron chi connectivity index (χ0n) is 15.3. The number of rotatable bonds is 7. The van der Waals surface area contributed by atoms with E-state index in [-0.39, 0.29) is 12.1 Å². The molecule has 0 saturated carbocycles. The van der Waals surface area contributed by atoms with Gasteiger partial charge < -0.3 is 15.0 Å². The van der Waals surface area contributed by atoms with E-state index in [1.807, 2.05) is 20.8 Å². The summed E-state index contributed by atoms with van der Waals surface area (Å²) in [5.41, 5.74) is -0.428. The highest BCUT2D eigenvalue weighted by molar-refractivity contribution is 5.68. The predicted octanol–water partition coefficient (Wildman–Crippen LogP) is 4.19. The second-order valence-corrected chi connectivity index (χ2v) is 7.70. The van der Waals surface area contributed by atoms with Gasteiger partial charge in [-0.3, -0.25) is 0 Å². The number of ether oxygens (including phenoxy) is 1. The topological polar surface area (TPSA) is 41.6 Å². The average molecular weight is 312 g/mol. The van der Waals surface area contributed by atoms with E-state index in [2.05, 4.69) is 24.1 Å². The molecule has 0 aromatic rings. The molecule has 0 aromatic carbocycles. The van der Waals surface area contributed by atoms with Crippen LogP contribution in [-0.2, 0) is 4.74 Å².